The summed E-state index contributed by atoms with van der Waals surface area (Å²) in [6.45, 7) is 4.39. The topological polar surface area (TPSA) is 83.6 Å². The number of nitrogens with zero attached hydrogens (tertiary/aromatic N) is 1. The third-order valence-electron chi connectivity index (χ3n) is 3.70. The maximum absolute atomic E-state index is 12.4. The summed E-state index contributed by atoms with van der Waals surface area (Å²) in [6.07, 6.45) is 3.09. The standard InChI is InChI=1S/C16H20N2O4S/c1-3-15(19)17-14-6-4-13(5-7-14)16(20)18-9-8-12(10-18)11-23(2,21)22/h3-7,12H,1,8-11H2,2H3,(H,17,19). The number of anilines is 1. The lowest BCUT2D eigenvalue weighted by molar-refractivity contribution is -0.111. The van der Waals surface area contributed by atoms with Gasteiger partial charge >= 0.3 is 0 Å². The van der Waals surface area contributed by atoms with Gasteiger partial charge in [-0.2, -0.15) is 0 Å². The number of amides is 2. The Morgan fingerprint density at radius 2 is 2.00 bits per heavy atom. The molecule has 1 aromatic rings. The van der Waals surface area contributed by atoms with E-state index in [0.29, 0.717) is 30.8 Å². The number of rotatable bonds is 5. The number of likely N-dealkylation sites (tertiary alicyclic amines) is 1. The normalized spacial score (nSPS) is 17.8. The second-order valence-corrected chi connectivity index (χ2v) is 7.95. The molecule has 1 fully saturated rings. The summed E-state index contributed by atoms with van der Waals surface area (Å²) in [5.74, 6) is -0.321. The molecule has 23 heavy (non-hydrogen) atoms. The molecule has 124 valence electrons. The lowest BCUT2D eigenvalue weighted by Gasteiger charge is -2.16. The molecule has 1 aromatic carbocycles. The molecule has 1 heterocycles. The van der Waals surface area contributed by atoms with Gasteiger partial charge in [0.1, 0.15) is 9.84 Å². The average Bonchev–Trinajstić information content (AvgIpc) is 2.93. The molecule has 0 bridgehead atoms. The predicted octanol–water partition coefficient (Wildman–Crippen LogP) is 1.32. The van der Waals surface area contributed by atoms with E-state index < -0.39 is 9.84 Å². The van der Waals surface area contributed by atoms with Crippen molar-refractivity contribution in [3.8, 4) is 0 Å². The first-order valence-corrected chi connectivity index (χ1v) is 9.35. The molecule has 2 rings (SSSR count). The molecule has 0 saturated carbocycles. The molecule has 7 heteroatoms. The molecule has 0 aromatic heterocycles. The number of hydrogen-bond donors (Lipinski definition) is 1. The highest BCUT2D eigenvalue weighted by Crippen LogP contribution is 2.21. The highest BCUT2D eigenvalue weighted by atomic mass is 32.2. The molecule has 1 saturated heterocycles. The molecular formula is C16H20N2O4S. The van der Waals surface area contributed by atoms with Gasteiger partial charge in [-0.25, -0.2) is 8.42 Å². The minimum atomic E-state index is -3.03. The first-order valence-electron chi connectivity index (χ1n) is 7.29. The van der Waals surface area contributed by atoms with Crippen molar-refractivity contribution >= 4 is 27.3 Å². The van der Waals surface area contributed by atoms with E-state index >= 15 is 0 Å². The zero-order valence-corrected chi connectivity index (χ0v) is 13.8. The number of carbonyl (C=O) groups is 2. The van der Waals surface area contributed by atoms with Gasteiger partial charge in [0.25, 0.3) is 5.91 Å². The molecule has 1 aliphatic heterocycles. The predicted molar refractivity (Wildman–Crippen MR) is 89.0 cm³/mol. The molecule has 2 amide bonds. The lowest BCUT2D eigenvalue weighted by atomic mass is 10.1. The molecule has 6 nitrogen and oxygen atoms in total. The third kappa shape index (κ3) is 4.92. The van der Waals surface area contributed by atoms with Crippen molar-refractivity contribution in [1.82, 2.24) is 4.90 Å². The second kappa shape index (κ2) is 6.95. The lowest BCUT2D eigenvalue weighted by Crippen LogP contribution is -2.29. The summed E-state index contributed by atoms with van der Waals surface area (Å²) in [4.78, 5) is 25.3. The minimum absolute atomic E-state index is 0.0000952. The zero-order chi connectivity index (χ0) is 17.0. The molecule has 0 radical (unpaired) electrons. The van der Waals surface area contributed by atoms with E-state index in [4.69, 9.17) is 0 Å². The van der Waals surface area contributed by atoms with E-state index in [2.05, 4.69) is 11.9 Å². The Labute approximate surface area is 136 Å². The Morgan fingerprint density at radius 1 is 1.35 bits per heavy atom. The van der Waals surface area contributed by atoms with Gasteiger partial charge < -0.3 is 10.2 Å². The fourth-order valence-corrected chi connectivity index (χ4v) is 3.78. The van der Waals surface area contributed by atoms with E-state index in [9.17, 15) is 18.0 Å². The first kappa shape index (κ1) is 17.2. The zero-order valence-electron chi connectivity index (χ0n) is 13.0. The smallest absolute Gasteiger partial charge is 0.253 e. The summed E-state index contributed by atoms with van der Waals surface area (Å²) < 4.78 is 22.7. The van der Waals surface area contributed by atoms with Crippen molar-refractivity contribution in [3.63, 3.8) is 0 Å². The van der Waals surface area contributed by atoms with Crippen LogP contribution in [0.2, 0.25) is 0 Å². The van der Waals surface area contributed by atoms with E-state index in [0.717, 1.165) is 0 Å². The molecule has 1 unspecified atom stereocenters. The van der Waals surface area contributed by atoms with Crippen LogP contribution in [0.5, 0.6) is 0 Å². The highest BCUT2D eigenvalue weighted by molar-refractivity contribution is 7.90. The first-order chi connectivity index (χ1) is 10.8. The number of hydrogen-bond acceptors (Lipinski definition) is 4. The SMILES string of the molecule is C=CC(=O)Nc1ccc(C(=O)N2CCC(CS(C)(=O)=O)C2)cc1. The fraction of sp³-hybridized carbons (Fsp3) is 0.375. The van der Waals surface area contributed by atoms with Gasteiger partial charge in [0, 0.05) is 30.6 Å². The molecule has 1 N–H and O–H groups in total. The second-order valence-electron chi connectivity index (χ2n) is 5.77. The van der Waals surface area contributed by atoms with Crippen LogP contribution in [0.25, 0.3) is 0 Å². The summed E-state index contributed by atoms with van der Waals surface area (Å²) >= 11 is 0. The van der Waals surface area contributed by atoms with Crippen LogP contribution in [0.1, 0.15) is 16.8 Å². The van der Waals surface area contributed by atoms with Gasteiger partial charge in [0.05, 0.1) is 5.75 Å². The van der Waals surface area contributed by atoms with Crippen LogP contribution in [0.4, 0.5) is 5.69 Å². The van der Waals surface area contributed by atoms with Gasteiger partial charge in [-0.05, 0) is 42.7 Å². The molecule has 0 aliphatic carbocycles. The van der Waals surface area contributed by atoms with Crippen molar-refractivity contribution < 1.29 is 18.0 Å². The highest BCUT2D eigenvalue weighted by Gasteiger charge is 2.29. The largest absolute Gasteiger partial charge is 0.338 e. The van der Waals surface area contributed by atoms with Crippen LogP contribution in [0.15, 0.2) is 36.9 Å². The van der Waals surface area contributed by atoms with E-state index in [1.54, 1.807) is 29.2 Å². The van der Waals surface area contributed by atoms with Gasteiger partial charge in [0.2, 0.25) is 5.91 Å². The van der Waals surface area contributed by atoms with E-state index in [1.807, 2.05) is 0 Å². The summed E-state index contributed by atoms with van der Waals surface area (Å²) in [7, 11) is -3.03. The van der Waals surface area contributed by atoms with Gasteiger partial charge in [-0.15, -0.1) is 0 Å². The summed E-state index contributed by atoms with van der Waals surface area (Å²) in [5, 5.41) is 2.61. The van der Waals surface area contributed by atoms with Crippen molar-refractivity contribution in [2.75, 3.05) is 30.4 Å². The van der Waals surface area contributed by atoms with Crippen LogP contribution in [-0.4, -0.2) is 50.2 Å². The number of carbonyl (C=O) groups excluding carboxylic acids is 2. The molecule has 1 aliphatic rings. The summed E-state index contributed by atoms with van der Waals surface area (Å²) in [5.41, 5.74) is 1.10. The Kier molecular flexibility index (Phi) is 5.20. The minimum Gasteiger partial charge on any atom is -0.338 e. The Morgan fingerprint density at radius 3 is 2.57 bits per heavy atom. The van der Waals surface area contributed by atoms with Crippen LogP contribution in [0, 0.1) is 5.92 Å². The van der Waals surface area contributed by atoms with Gasteiger partial charge in [0.15, 0.2) is 0 Å². The summed E-state index contributed by atoms with van der Waals surface area (Å²) in [6, 6.07) is 6.59. The number of benzene rings is 1. The Bertz CT molecular complexity index is 710. The fourth-order valence-electron chi connectivity index (χ4n) is 2.65. The monoisotopic (exact) mass is 336 g/mol. The Balaban J connectivity index is 1.98. The van der Waals surface area contributed by atoms with Crippen LogP contribution >= 0.6 is 0 Å². The van der Waals surface area contributed by atoms with Crippen molar-refractivity contribution in [2.24, 2.45) is 5.92 Å². The molecule has 1 atom stereocenters. The van der Waals surface area contributed by atoms with E-state index in [1.165, 1.54) is 12.3 Å². The van der Waals surface area contributed by atoms with Gasteiger partial charge in [-0.3, -0.25) is 9.59 Å². The number of nitrogens with one attached hydrogen (secondary N) is 1. The number of sulfone groups is 1. The van der Waals surface area contributed by atoms with Crippen LogP contribution in [-0.2, 0) is 14.6 Å². The Hall–Kier alpha value is -2.15. The maximum atomic E-state index is 12.4. The van der Waals surface area contributed by atoms with Gasteiger partial charge in [-0.1, -0.05) is 6.58 Å². The van der Waals surface area contributed by atoms with Crippen molar-refractivity contribution in [2.45, 2.75) is 6.42 Å². The molecular weight excluding hydrogens is 316 g/mol. The van der Waals surface area contributed by atoms with E-state index in [-0.39, 0.29) is 23.5 Å². The average molecular weight is 336 g/mol. The van der Waals surface area contributed by atoms with Crippen molar-refractivity contribution in [1.29, 1.82) is 0 Å². The van der Waals surface area contributed by atoms with Crippen LogP contribution in [0.3, 0.4) is 0 Å². The van der Waals surface area contributed by atoms with Crippen molar-refractivity contribution in [3.05, 3.63) is 42.5 Å². The quantitative estimate of drug-likeness (QED) is 0.822. The maximum Gasteiger partial charge on any atom is 0.253 e. The van der Waals surface area contributed by atoms with Crippen LogP contribution < -0.4 is 5.32 Å². The third-order valence-corrected chi connectivity index (χ3v) is 4.77. The molecule has 0 spiro atoms.